The fourth-order valence-corrected chi connectivity index (χ4v) is 4.36. The number of carboxylic acid groups (broad SMARTS) is 1. The Kier molecular flexibility index (Phi) is 4.04. The van der Waals surface area contributed by atoms with Crippen LogP contribution in [0, 0.1) is 10.5 Å². The first kappa shape index (κ1) is 14.6. The van der Waals surface area contributed by atoms with Crippen molar-refractivity contribution < 1.29 is 9.90 Å². The SMILES string of the molecule is Cc1c(C(=O)O)sc2ncnc(Sc3ncncc3I)c12. The summed E-state index contributed by atoms with van der Waals surface area (Å²) in [4.78, 5) is 28.8. The molecule has 0 aromatic carbocycles. The van der Waals surface area contributed by atoms with E-state index in [1.54, 1.807) is 13.1 Å². The van der Waals surface area contributed by atoms with Crippen molar-refractivity contribution in [1.29, 1.82) is 0 Å². The zero-order valence-corrected chi connectivity index (χ0v) is 14.4. The van der Waals surface area contributed by atoms with Gasteiger partial charge < -0.3 is 5.11 Å². The Morgan fingerprint density at radius 1 is 1.29 bits per heavy atom. The summed E-state index contributed by atoms with van der Waals surface area (Å²) in [6.45, 7) is 1.78. The number of fused-ring (bicyclic) bond motifs is 1. The molecule has 0 saturated heterocycles. The number of carbonyl (C=O) groups is 1. The van der Waals surface area contributed by atoms with Crippen LogP contribution in [0.4, 0.5) is 0 Å². The molecule has 3 rings (SSSR count). The molecule has 0 radical (unpaired) electrons. The standard InChI is InChI=1S/C12H7IN4O2S2/c1-5-7-10(20-8(5)12(18)19)16-4-17-11(7)21-9-6(13)2-14-3-15-9/h2-4H,1H3,(H,18,19). The Hall–Kier alpha value is -1.33. The molecule has 0 saturated carbocycles. The van der Waals surface area contributed by atoms with Gasteiger partial charge in [0, 0.05) is 11.6 Å². The van der Waals surface area contributed by atoms with Crippen molar-refractivity contribution in [3.05, 3.63) is 32.9 Å². The molecule has 1 N–H and O–H groups in total. The van der Waals surface area contributed by atoms with Gasteiger partial charge in [0.25, 0.3) is 0 Å². The third kappa shape index (κ3) is 2.72. The second-order valence-corrected chi connectivity index (χ2v) is 7.14. The van der Waals surface area contributed by atoms with Gasteiger partial charge in [-0.15, -0.1) is 11.3 Å². The highest BCUT2D eigenvalue weighted by atomic mass is 127. The first-order valence-corrected chi connectivity index (χ1v) is 8.40. The van der Waals surface area contributed by atoms with Gasteiger partial charge in [-0.1, -0.05) is 0 Å². The molecule has 0 atom stereocenters. The topological polar surface area (TPSA) is 88.9 Å². The fraction of sp³-hybridized carbons (Fsp3) is 0.0833. The largest absolute Gasteiger partial charge is 0.477 e. The van der Waals surface area contributed by atoms with Crippen molar-refractivity contribution >= 4 is 61.9 Å². The van der Waals surface area contributed by atoms with Gasteiger partial charge in [-0.25, -0.2) is 24.7 Å². The summed E-state index contributed by atoms with van der Waals surface area (Å²) in [6, 6.07) is 0. The first-order chi connectivity index (χ1) is 10.1. The second-order valence-electron chi connectivity index (χ2n) is 4.00. The third-order valence-corrected chi connectivity index (χ3v) is 6.08. The van der Waals surface area contributed by atoms with E-state index in [0.717, 1.165) is 25.3 Å². The fourth-order valence-electron chi connectivity index (χ4n) is 1.79. The number of carboxylic acids is 1. The van der Waals surface area contributed by atoms with Gasteiger partial charge in [0.05, 0.1) is 3.57 Å². The number of rotatable bonds is 3. The lowest BCUT2D eigenvalue weighted by atomic mass is 10.2. The molecule has 6 nitrogen and oxygen atoms in total. The van der Waals surface area contributed by atoms with Crippen molar-refractivity contribution in [3.63, 3.8) is 0 Å². The Morgan fingerprint density at radius 2 is 2.05 bits per heavy atom. The quantitative estimate of drug-likeness (QED) is 0.504. The summed E-state index contributed by atoms with van der Waals surface area (Å²) in [7, 11) is 0. The minimum atomic E-state index is -0.942. The smallest absolute Gasteiger partial charge is 0.346 e. The Balaban J connectivity index is 2.15. The average Bonchev–Trinajstić information content (AvgIpc) is 2.80. The van der Waals surface area contributed by atoms with Crippen molar-refractivity contribution in [1.82, 2.24) is 19.9 Å². The van der Waals surface area contributed by atoms with Crippen LogP contribution in [-0.4, -0.2) is 31.0 Å². The minimum absolute atomic E-state index is 0.296. The van der Waals surface area contributed by atoms with Gasteiger partial charge in [-0.3, -0.25) is 0 Å². The van der Waals surface area contributed by atoms with Gasteiger partial charge in [0.1, 0.15) is 32.4 Å². The highest BCUT2D eigenvalue weighted by Gasteiger charge is 2.19. The van der Waals surface area contributed by atoms with Crippen molar-refractivity contribution in [2.24, 2.45) is 0 Å². The number of thiophene rings is 1. The van der Waals surface area contributed by atoms with E-state index in [1.807, 2.05) is 0 Å². The van der Waals surface area contributed by atoms with Crippen molar-refractivity contribution in [3.8, 4) is 0 Å². The lowest BCUT2D eigenvalue weighted by Gasteiger charge is -2.03. The lowest BCUT2D eigenvalue weighted by Crippen LogP contribution is -1.94. The first-order valence-electron chi connectivity index (χ1n) is 5.68. The lowest BCUT2D eigenvalue weighted by molar-refractivity contribution is 0.0701. The van der Waals surface area contributed by atoms with Gasteiger partial charge in [0.15, 0.2) is 0 Å². The molecule has 0 aliphatic carbocycles. The Bertz CT molecular complexity index is 852. The number of aryl methyl sites for hydroxylation is 1. The van der Waals surface area contributed by atoms with E-state index in [1.165, 1.54) is 24.4 Å². The Labute approximate surface area is 141 Å². The number of halogens is 1. The van der Waals surface area contributed by atoms with Gasteiger partial charge in [-0.05, 0) is 46.8 Å². The van der Waals surface area contributed by atoms with Crippen LogP contribution in [0.15, 0.2) is 28.9 Å². The summed E-state index contributed by atoms with van der Waals surface area (Å²) in [6.07, 6.45) is 4.64. The zero-order valence-electron chi connectivity index (χ0n) is 10.6. The molecule has 0 spiro atoms. The van der Waals surface area contributed by atoms with E-state index < -0.39 is 5.97 Å². The predicted octanol–water partition coefficient (Wildman–Crippen LogP) is 3.24. The molecule has 3 aromatic rings. The molecule has 0 unspecified atom stereocenters. The normalized spacial score (nSPS) is 11.0. The zero-order chi connectivity index (χ0) is 15.0. The highest BCUT2D eigenvalue weighted by Crippen LogP contribution is 2.37. The van der Waals surface area contributed by atoms with Gasteiger partial charge in [-0.2, -0.15) is 0 Å². The van der Waals surface area contributed by atoms with Crippen LogP contribution in [0.1, 0.15) is 15.2 Å². The maximum Gasteiger partial charge on any atom is 0.346 e. The van der Waals surface area contributed by atoms with Crippen LogP contribution < -0.4 is 0 Å². The van der Waals surface area contributed by atoms with E-state index in [4.69, 9.17) is 0 Å². The molecule has 0 bridgehead atoms. The number of hydrogen-bond donors (Lipinski definition) is 1. The second kappa shape index (κ2) is 5.81. The Morgan fingerprint density at radius 3 is 2.76 bits per heavy atom. The van der Waals surface area contributed by atoms with Gasteiger partial charge in [0.2, 0.25) is 0 Å². The highest BCUT2D eigenvalue weighted by molar-refractivity contribution is 14.1. The summed E-state index contributed by atoms with van der Waals surface area (Å²) >= 11 is 4.70. The molecule has 0 aliphatic heterocycles. The maximum atomic E-state index is 11.2. The van der Waals surface area contributed by atoms with Gasteiger partial charge >= 0.3 is 5.97 Å². The van der Waals surface area contributed by atoms with Crippen LogP contribution in [-0.2, 0) is 0 Å². The molecule has 106 valence electrons. The molecular weight excluding hydrogens is 423 g/mol. The molecule has 0 aliphatic rings. The molecule has 9 heteroatoms. The van der Waals surface area contributed by atoms with E-state index in [2.05, 4.69) is 42.5 Å². The summed E-state index contributed by atoms with van der Waals surface area (Å²) in [5.41, 5.74) is 0.690. The number of hydrogen-bond acceptors (Lipinski definition) is 7. The number of aromatic nitrogens is 4. The van der Waals surface area contributed by atoms with E-state index in [-0.39, 0.29) is 0 Å². The summed E-state index contributed by atoms with van der Waals surface area (Å²) in [5, 5.41) is 11.5. The van der Waals surface area contributed by atoms with Crippen LogP contribution in [0.5, 0.6) is 0 Å². The van der Waals surface area contributed by atoms with E-state index in [9.17, 15) is 9.90 Å². The monoisotopic (exact) mass is 430 g/mol. The molecular formula is C12H7IN4O2S2. The molecule has 21 heavy (non-hydrogen) atoms. The number of aromatic carboxylic acids is 1. The van der Waals surface area contributed by atoms with Crippen LogP contribution in [0.3, 0.4) is 0 Å². The average molecular weight is 430 g/mol. The van der Waals surface area contributed by atoms with Crippen molar-refractivity contribution in [2.45, 2.75) is 17.0 Å². The summed E-state index contributed by atoms with van der Waals surface area (Å²) in [5.74, 6) is -0.942. The van der Waals surface area contributed by atoms with E-state index >= 15 is 0 Å². The van der Waals surface area contributed by atoms with Crippen LogP contribution >= 0.6 is 45.7 Å². The molecule has 0 fully saturated rings. The third-order valence-electron chi connectivity index (χ3n) is 2.71. The molecule has 0 amide bonds. The van der Waals surface area contributed by atoms with Crippen LogP contribution in [0.2, 0.25) is 0 Å². The van der Waals surface area contributed by atoms with E-state index in [0.29, 0.717) is 20.3 Å². The minimum Gasteiger partial charge on any atom is -0.477 e. The predicted molar refractivity (Wildman–Crippen MR) is 88.0 cm³/mol. The number of nitrogens with zero attached hydrogens (tertiary/aromatic N) is 4. The molecule has 3 heterocycles. The molecule has 3 aromatic heterocycles. The van der Waals surface area contributed by atoms with Crippen molar-refractivity contribution in [2.75, 3.05) is 0 Å². The summed E-state index contributed by atoms with van der Waals surface area (Å²) < 4.78 is 0.915. The maximum absolute atomic E-state index is 11.2. The van der Waals surface area contributed by atoms with Crippen LogP contribution in [0.25, 0.3) is 10.2 Å².